The SMILES string of the molecule is COc1ccc2ccccc2c1/C=C1/SC(=Nc2ccccc2)N([C@@H](C)c2ccccc2)C1=O. The average Bonchev–Trinajstić information content (AvgIpc) is 3.19. The molecule has 1 atom stereocenters. The lowest BCUT2D eigenvalue weighted by Crippen LogP contribution is -2.32. The molecule has 0 unspecified atom stereocenters. The van der Waals surface area contributed by atoms with Gasteiger partial charge in [0.1, 0.15) is 5.75 Å². The van der Waals surface area contributed by atoms with Gasteiger partial charge in [-0.2, -0.15) is 0 Å². The number of carbonyl (C=O) groups excluding carboxylic acids is 1. The van der Waals surface area contributed by atoms with E-state index in [0.29, 0.717) is 10.1 Å². The van der Waals surface area contributed by atoms with Crippen LogP contribution in [0, 0.1) is 0 Å². The van der Waals surface area contributed by atoms with Crippen molar-refractivity contribution in [2.45, 2.75) is 13.0 Å². The van der Waals surface area contributed by atoms with Gasteiger partial charge in [-0.15, -0.1) is 0 Å². The Bertz CT molecular complexity index is 1400. The molecule has 1 amide bonds. The lowest BCUT2D eigenvalue weighted by Gasteiger charge is -2.24. The van der Waals surface area contributed by atoms with Gasteiger partial charge in [-0.1, -0.05) is 78.9 Å². The molecule has 34 heavy (non-hydrogen) atoms. The van der Waals surface area contributed by atoms with E-state index < -0.39 is 0 Å². The zero-order valence-electron chi connectivity index (χ0n) is 19.0. The molecule has 0 saturated carbocycles. The van der Waals surface area contributed by atoms with Gasteiger partial charge in [0.2, 0.25) is 0 Å². The minimum absolute atomic E-state index is 0.0639. The van der Waals surface area contributed by atoms with Crippen molar-refractivity contribution in [3.8, 4) is 5.75 Å². The number of aliphatic imine (C=N–C) groups is 1. The third-order valence-electron chi connectivity index (χ3n) is 5.91. The third kappa shape index (κ3) is 4.22. The van der Waals surface area contributed by atoms with Crippen molar-refractivity contribution in [2.24, 2.45) is 4.99 Å². The summed E-state index contributed by atoms with van der Waals surface area (Å²) in [5.41, 5.74) is 2.76. The highest BCUT2D eigenvalue weighted by Gasteiger charge is 2.37. The van der Waals surface area contributed by atoms with Crippen LogP contribution in [0.15, 0.2) is 107 Å². The summed E-state index contributed by atoms with van der Waals surface area (Å²) in [7, 11) is 1.65. The van der Waals surface area contributed by atoms with Crippen LogP contribution in [0.1, 0.15) is 24.1 Å². The molecule has 5 rings (SSSR count). The molecular formula is C29H24N2O2S. The van der Waals surface area contributed by atoms with Gasteiger partial charge < -0.3 is 4.74 Å². The van der Waals surface area contributed by atoms with Crippen LogP contribution in [0.2, 0.25) is 0 Å². The molecule has 0 N–H and O–H groups in total. The van der Waals surface area contributed by atoms with Crippen LogP contribution in [0.5, 0.6) is 5.75 Å². The summed E-state index contributed by atoms with van der Waals surface area (Å²) in [6.45, 7) is 2.04. The standard InChI is InChI=1S/C29H24N2O2S/c1-20(21-11-5-3-6-12-21)31-28(32)27(34-29(31)30-23-14-7-4-8-15-23)19-25-24-16-10-9-13-22(24)17-18-26(25)33-2/h3-20H,1-2H3/b27-19+,30-29?/t20-/m0/s1. The number of nitrogens with zero attached hydrogens (tertiary/aromatic N) is 2. The van der Waals surface area contributed by atoms with Gasteiger partial charge in [0.25, 0.3) is 5.91 Å². The summed E-state index contributed by atoms with van der Waals surface area (Å²) in [6.07, 6.45) is 1.94. The number of para-hydroxylation sites is 1. The second kappa shape index (κ2) is 9.57. The van der Waals surface area contributed by atoms with Gasteiger partial charge in [0, 0.05) is 5.56 Å². The minimum atomic E-state index is -0.163. The highest BCUT2D eigenvalue weighted by molar-refractivity contribution is 8.18. The molecule has 1 fully saturated rings. The van der Waals surface area contributed by atoms with Gasteiger partial charge in [0.05, 0.1) is 23.7 Å². The molecule has 0 radical (unpaired) electrons. The zero-order chi connectivity index (χ0) is 23.5. The number of benzene rings is 4. The Morgan fingerprint density at radius 1 is 0.882 bits per heavy atom. The smallest absolute Gasteiger partial charge is 0.267 e. The largest absolute Gasteiger partial charge is 0.496 e. The number of fused-ring (bicyclic) bond motifs is 1. The average molecular weight is 465 g/mol. The normalized spacial score (nSPS) is 17.0. The van der Waals surface area contributed by atoms with Gasteiger partial charge in [-0.05, 0) is 59.3 Å². The molecule has 0 bridgehead atoms. The van der Waals surface area contributed by atoms with E-state index in [1.807, 2.05) is 97.9 Å². The van der Waals surface area contributed by atoms with E-state index in [1.54, 1.807) is 12.0 Å². The highest BCUT2D eigenvalue weighted by Crippen LogP contribution is 2.41. The van der Waals surface area contributed by atoms with E-state index in [1.165, 1.54) is 11.8 Å². The quantitative estimate of drug-likeness (QED) is 0.293. The Kier molecular flexibility index (Phi) is 6.19. The second-order valence-corrected chi connectivity index (χ2v) is 9.01. The molecule has 5 heteroatoms. The molecule has 4 aromatic carbocycles. The maximum Gasteiger partial charge on any atom is 0.267 e. The molecule has 1 aliphatic rings. The van der Waals surface area contributed by atoms with E-state index in [-0.39, 0.29) is 11.9 Å². The Morgan fingerprint density at radius 2 is 1.56 bits per heavy atom. The van der Waals surface area contributed by atoms with Crippen LogP contribution >= 0.6 is 11.8 Å². The first-order chi connectivity index (χ1) is 16.7. The fourth-order valence-corrected chi connectivity index (χ4v) is 5.18. The molecule has 4 aromatic rings. The van der Waals surface area contributed by atoms with E-state index in [4.69, 9.17) is 9.73 Å². The fraction of sp³-hybridized carbons (Fsp3) is 0.103. The molecule has 4 nitrogen and oxygen atoms in total. The molecule has 0 aliphatic carbocycles. The van der Waals surface area contributed by atoms with Crippen molar-refractivity contribution in [1.82, 2.24) is 4.90 Å². The molecule has 168 valence electrons. The van der Waals surface area contributed by atoms with Crippen molar-refractivity contribution in [3.63, 3.8) is 0 Å². The van der Waals surface area contributed by atoms with Crippen LogP contribution < -0.4 is 4.74 Å². The molecule has 0 aromatic heterocycles. The fourth-order valence-electron chi connectivity index (χ4n) is 4.13. The number of methoxy groups -OCH3 is 1. The van der Waals surface area contributed by atoms with E-state index in [9.17, 15) is 4.79 Å². The zero-order valence-corrected chi connectivity index (χ0v) is 19.8. The highest BCUT2D eigenvalue weighted by atomic mass is 32.2. The van der Waals surface area contributed by atoms with E-state index >= 15 is 0 Å². The number of rotatable bonds is 5. The predicted molar refractivity (Wildman–Crippen MR) is 141 cm³/mol. The second-order valence-electron chi connectivity index (χ2n) is 8.01. The molecule has 1 aliphatic heterocycles. The van der Waals surface area contributed by atoms with Crippen molar-refractivity contribution in [3.05, 3.63) is 113 Å². The Labute approximate surface area is 203 Å². The van der Waals surface area contributed by atoms with E-state index in [0.717, 1.165) is 33.3 Å². The topological polar surface area (TPSA) is 41.9 Å². The summed E-state index contributed by atoms with van der Waals surface area (Å²) < 4.78 is 5.66. The van der Waals surface area contributed by atoms with Crippen LogP contribution in [0.4, 0.5) is 5.69 Å². The molecule has 1 saturated heterocycles. The summed E-state index contributed by atoms with van der Waals surface area (Å²) in [5, 5.41) is 2.80. The Hall–Kier alpha value is -3.83. The first-order valence-electron chi connectivity index (χ1n) is 11.1. The van der Waals surface area contributed by atoms with Gasteiger partial charge in [-0.25, -0.2) is 4.99 Å². The summed E-state index contributed by atoms with van der Waals surface area (Å²) in [6, 6.07) is 31.7. The third-order valence-corrected chi connectivity index (χ3v) is 6.90. The molecule has 1 heterocycles. The summed E-state index contributed by atoms with van der Waals surface area (Å²) in [4.78, 5) is 21.0. The van der Waals surface area contributed by atoms with Crippen LogP contribution in [-0.4, -0.2) is 23.1 Å². The number of ether oxygens (including phenoxy) is 1. The van der Waals surface area contributed by atoms with Gasteiger partial charge in [0.15, 0.2) is 5.17 Å². The van der Waals surface area contributed by atoms with Gasteiger partial charge in [-0.3, -0.25) is 9.69 Å². The number of hydrogen-bond donors (Lipinski definition) is 0. The van der Waals surface area contributed by atoms with Crippen molar-refractivity contribution in [2.75, 3.05) is 7.11 Å². The summed E-state index contributed by atoms with van der Waals surface area (Å²) in [5.74, 6) is 0.668. The number of hydrogen-bond acceptors (Lipinski definition) is 4. The van der Waals surface area contributed by atoms with Crippen molar-refractivity contribution in [1.29, 1.82) is 0 Å². The maximum atomic E-state index is 13.8. The predicted octanol–water partition coefficient (Wildman–Crippen LogP) is 7.21. The van der Waals surface area contributed by atoms with Crippen LogP contribution in [0.3, 0.4) is 0 Å². The number of amidine groups is 1. The minimum Gasteiger partial charge on any atom is -0.496 e. The monoisotopic (exact) mass is 464 g/mol. The first-order valence-corrected chi connectivity index (χ1v) is 11.9. The molecule has 0 spiro atoms. The lowest BCUT2D eigenvalue weighted by molar-refractivity contribution is -0.123. The maximum absolute atomic E-state index is 13.8. The Morgan fingerprint density at radius 3 is 2.29 bits per heavy atom. The Balaban J connectivity index is 1.63. The van der Waals surface area contributed by atoms with Crippen LogP contribution in [0.25, 0.3) is 16.8 Å². The van der Waals surface area contributed by atoms with Crippen molar-refractivity contribution >= 4 is 45.4 Å². The number of carbonyl (C=O) groups is 1. The van der Waals surface area contributed by atoms with E-state index in [2.05, 4.69) is 12.1 Å². The van der Waals surface area contributed by atoms with Crippen molar-refractivity contribution < 1.29 is 9.53 Å². The van der Waals surface area contributed by atoms with Gasteiger partial charge >= 0.3 is 0 Å². The lowest BCUT2D eigenvalue weighted by atomic mass is 10.0. The number of thioether (sulfide) groups is 1. The van der Waals surface area contributed by atoms with Crippen LogP contribution in [-0.2, 0) is 4.79 Å². The first kappa shape index (κ1) is 22.0. The molecular weight excluding hydrogens is 440 g/mol. The summed E-state index contributed by atoms with van der Waals surface area (Å²) >= 11 is 1.40. The number of amides is 1.